The summed E-state index contributed by atoms with van der Waals surface area (Å²) in [5.41, 5.74) is 4.20. The number of amides is 1. The van der Waals surface area contributed by atoms with Crippen molar-refractivity contribution in [1.29, 1.82) is 0 Å². The predicted octanol–water partition coefficient (Wildman–Crippen LogP) is 12.7. The number of nitrogens with one attached hydrogen (secondary N) is 3. The van der Waals surface area contributed by atoms with Crippen LogP contribution in [0.1, 0.15) is 167 Å². The molecule has 0 spiro atoms. The van der Waals surface area contributed by atoms with E-state index in [1.54, 1.807) is 0 Å². The molecule has 302 valence electrons. The highest BCUT2D eigenvalue weighted by Gasteiger charge is 2.35. The third kappa shape index (κ3) is 23.8. The highest BCUT2D eigenvalue weighted by molar-refractivity contribution is 5.82. The van der Waals surface area contributed by atoms with E-state index in [0.29, 0.717) is 18.3 Å². The molecule has 5 heteroatoms. The van der Waals surface area contributed by atoms with E-state index in [2.05, 4.69) is 132 Å². The lowest BCUT2D eigenvalue weighted by Crippen LogP contribution is -2.55. The van der Waals surface area contributed by atoms with Crippen LogP contribution >= 0.6 is 0 Å². The summed E-state index contributed by atoms with van der Waals surface area (Å²) in [6.07, 6.45) is 16.4. The Morgan fingerprint density at radius 1 is 0.827 bits per heavy atom. The number of likely N-dealkylation sites (N-methyl/N-ethyl adjacent to an activating group) is 1. The Bertz CT molecular complexity index is 1080. The van der Waals surface area contributed by atoms with Crippen LogP contribution in [0.5, 0.6) is 0 Å². The zero-order valence-corrected chi connectivity index (χ0v) is 37.0. The fourth-order valence-electron chi connectivity index (χ4n) is 5.82. The highest BCUT2D eigenvalue weighted by Crippen LogP contribution is 2.35. The average Bonchev–Trinajstić information content (AvgIpc) is 3.89. The van der Waals surface area contributed by atoms with Gasteiger partial charge in [0.1, 0.15) is 6.04 Å². The Morgan fingerprint density at radius 3 is 1.81 bits per heavy atom. The summed E-state index contributed by atoms with van der Waals surface area (Å²) in [5, 5.41) is 10.8. The number of carbonyl (C=O) groups is 1. The van der Waals surface area contributed by atoms with E-state index in [1.165, 1.54) is 31.3 Å². The van der Waals surface area contributed by atoms with Gasteiger partial charge in [-0.05, 0) is 86.5 Å². The maximum Gasteiger partial charge on any atom is 0.245 e. The molecule has 0 aliphatic heterocycles. The van der Waals surface area contributed by atoms with Crippen LogP contribution in [0.2, 0.25) is 0 Å². The average molecular weight is 725 g/mol. The van der Waals surface area contributed by atoms with E-state index >= 15 is 0 Å². The van der Waals surface area contributed by atoms with Crippen LogP contribution in [0, 0.1) is 22.7 Å². The highest BCUT2D eigenvalue weighted by atomic mass is 16.2. The minimum Gasteiger partial charge on any atom is -0.382 e. The van der Waals surface area contributed by atoms with Gasteiger partial charge < -0.3 is 20.9 Å². The molecule has 1 aliphatic rings. The first-order valence-corrected chi connectivity index (χ1v) is 20.7. The molecule has 0 bridgehead atoms. The number of rotatable bonds is 24. The molecule has 1 rings (SSSR count). The van der Waals surface area contributed by atoms with Crippen molar-refractivity contribution in [2.75, 3.05) is 13.6 Å². The molecule has 52 heavy (non-hydrogen) atoms. The van der Waals surface area contributed by atoms with Crippen LogP contribution in [-0.2, 0) is 4.79 Å². The molecule has 0 radical (unpaired) electrons. The van der Waals surface area contributed by atoms with Crippen molar-refractivity contribution in [3.8, 4) is 0 Å². The number of nitrogens with zero attached hydrogens (tertiary/aromatic N) is 1. The van der Waals surface area contributed by atoms with E-state index in [-0.39, 0.29) is 28.8 Å². The van der Waals surface area contributed by atoms with Crippen molar-refractivity contribution in [2.45, 2.75) is 185 Å². The predicted molar refractivity (Wildman–Crippen MR) is 234 cm³/mol. The summed E-state index contributed by atoms with van der Waals surface area (Å²) in [5.74, 6) is 2.13. The van der Waals surface area contributed by atoms with Gasteiger partial charge in [-0.3, -0.25) is 4.79 Å². The largest absolute Gasteiger partial charge is 0.382 e. The molecule has 1 saturated carbocycles. The van der Waals surface area contributed by atoms with Crippen molar-refractivity contribution in [1.82, 2.24) is 20.9 Å². The van der Waals surface area contributed by atoms with Crippen LogP contribution in [0.25, 0.3) is 0 Å². The Labute approximate surface area is 325 Å². The Hall–Kier alpha value is -2.69. The molecule has 5 nitrogen and oxygen atoms in total. The Kier molecular flexibility index (Phi) is 26.7. The fourth-order valence-corrected chi connectivity index (χ4v) is 5.82. The van der Waals surface area contributed by atoms with Crippen molar-refractivity contribution in [3.05, 3.63) is 73.8 Å². The molecule has 4 atom stereocenters. The zero-order valence-electron chi connectivity index (χ0n) is 37.0. The minimum absolute atomic E-state index is 0.0426. The van der Waals surface area contributed by atoms with Crippen molar-refractivity contribution in [3.63, 3.8) is 0 Å². The first-order valence-electron chi connectivity index (χ1n) is 20.7. The van der Waals surface area contributed by atoms with Gasteiger partial charge in [0, 0.05) is 25.3 Å². The van der Waals surface area contributed by atoms with Gasteiger partial charge in [-0.1, -0.05) is 158 Å². The smallest absolute Gasteiger partial charge is 0.245 e. The number of hydrogen-bond acceptors (Lipinski definition) is 4. The molecule has 0 aromatic carbocycles. The van der Waals surface area contributed by atoms with Gasteiger partial charge in [0.05, 0.1) is 11.9 Å². The van der Waals surface area contributed by atoms with Crippen LogP contribution in [0.15, 0.2) is 73.8 Å². The Balaban J connectivity index is 0. The summed E-state index contributed by atoms with van der Waals surface area (Å²) in [4.78, 5) is 15.8. The van der Waals surface area contributed by atoms with Gasteiger partial charge in [0.2, 0.25) is 5.91 Å². The quantitative estimate of drug-likeness (QED) is 0.0685. The second-order valence-electron chi connectivity index (χ2n) is 17.6. The van der Waals surface area contributed by atoms with Crippen LogP contribution in [0.3, 0.4) is 0 Å². The SMILES string of the molecule is C=C(CCC1CC1)CCC(NC(=C)NC(C(=O)N(C)C[C@H](CC)CCC(=C)NC(CCC)C(=C)C(=C)C)C(C)(C)C)C(C)(C)C.C=CCC.CCC. The topological polar surface area (TPSA) is 56.4 Å². The van der Waals surface area contributed by atoms with E-state index in [1.807, 2.05) is 24.9 Å². The molecule has 1 aliphatic carbocycles. The number of hydrogen-bond donors (Lipinski definition) is 3. The van der Waals surface area contributed by atoms with Crippen LogP contribution < -0.4 is 16.0 Å². The summed E-state index contributed by atoms with van der Waals surface area (Å²) in [6, 6.07) is 0.00157. The van der Waals surface area contributed by atoms with Crippen molar-refractivity contribution >= 4 is 5.91 Å². The summed E-state index contributed by atoms with van der Waals surface area (Å²) < 4.78 is 0. The third-order valence-corrected chi connectivity index (χ3v) is 9.77. The second-order valence-corrected chi connectivity index (χ2v) is 17.6. The van der Waals surface area contributed by atoms with Gasteiger partial charge in [-0.25, -0.2) is 0 Å². The van der Waals surface area contributed by atoms with Gasteiger partial charge in [0.15, 0.2) is 0 Å². The molecule has 3 unspecified atom stereocenters. The van der Waals surface area contributed by atoms with E-state index in [4.69, 9.17) is 0 Å². The standard InChI is InChI=1S/C40H72N4O.C4H8.C3H8/c1-16-18-35(31(7)28(3)4)41-30(6)21-23-33(17-2)27-44(15)38(45)37(40(12,13)14)43-32(8)42-36(39(9,10)11)26-20-29(5)19-22-34-24-25-34;1-3-4-2;1-3-2/h33-37,41-43H,3,5-8,16-27H2,1-2,4,9-15H3;3H,1,4H2,2H3;3H2,1-2H3/t33-,35?,36?,37?;;/m1../s1. The lowest BCUT2D eigenvalue weighted by atomic mass is 9.82. The van der Waals surface area contributed by atoms with Gasteiger partial charge in [-0.15, -0.1) is 6.58 Å². The molecule has 0 heterocycles. The second kappa shape index (κ2) is 27.0. The molecule has 3 N–H and O–H groups in total. The lowest BCUT2D eigenvalue weighted by molar-refractivity contribution is -0.135. The maximum absolute atomic E-state index is 13.9. The first-order chi connectivity index (χ1) is 24.1. The first kappa shape index (κ1) is 51.4. The lowest BCUT2D eigenvalue weighted by Gasteiger charge is -2.38. The Morgan fingerprint density at radius 2 is 1.38 bits per heavy atom. The summed E-state index contributed by atoms with van der Waals surface area (Å²) >= 11 is 0. The van der Waals surface area contributed by atoms with Crippen molar-refractivity contribution in [2.24, 2.45) is 22.7 Å². The van der Waals surface area contributed by atoms with E-state index < -0.39 is 6.04 Å². The number of carbonyl (C=O) groups excluding carboxylic acids is 1. The van der Waals surface area contributed by atoms with E-state index in [9.17, 15) is 4.79 Å². The minimum atomic E-state index is -0.395. The van der Waals surface area contributed by atoms with Crippen molar-refractivity contribution < 1.29 is 4.79 Å². The molecular formula is C47H88N4O. The monoisotopic (exact) mass is 725 g/mol. The fraction of sp³-hybridized carbons (Fsp3) is 0.723. The van der Waals surface area contributed by atoms with Crippen LogP contribution in [0.4, 0.5) is 0 Å². The number of allylic oxidation sites excluding steroid dienone is 3. The summed E-state index contributed by atoms with van der Waals surface area (Å²) in [6.45, 7) is 51.4. The molecule has 0 aromatic heterocycles. The molecule has 1 amide bonds. The summed E-state index contributed by atoms with van der Waals surface area (Å²) in [7, 11) is 1.94. The molecule has 0 aromatic rings. The maximum atomic E-state index is 13.9. The van der Waals surface area contributed by atoms with Crippen LogP contribution in [-0.4, -0.2) is 42.5 Å². The molecule has 0 saturated heterocycles. The van der Waals surface area contributed by atoms with Gasteiger partial charge in [-0.2, -0.15) is 0 Å². The van der Waals surface area contributed by atoms with Gasteiger partial charge >= 0.3 is 0 Å². The third-order valence-electron chi connectivity index (χ3n) is 9.77. The van der Waals surface area contributed by atoms with E-state index in [0.717, 1.165) is 80.5 Å². The molecule has 1 fully saturated rings. The normalized spacial score (nSPS) is 14.8. The zero-order chi connectivity index (χ0) is 40.7. The van der Waals surface area contributed by atoms with Gasteiger partial charge in [0.25, 0.3) is 0 Å². The molecular weight excluding hydrogens is 637 g/mol.